The molecule has 32 heavy (non-hydrogen) atoms. The maximum Gasteiger partial charge on any atom is 0.277 e. The van der Waals surface area contributed by atoms with Gasteiger partial charge in [-0.05, 0) is 29.9 Å². The van der Waals surface area contributed by atoms with Crippen molar-refractivity contribution in [2.45, 2.75) is 25.0 Å². The summed E-state index contributed by atoms with van der Waals surface area (Å²) in [5.41, 5.74) is 2.91. The molecule has 0 unspecified atom stereocenters. The number of hydrogen-bond acceptors (Lipinski definition) is 8. The highest BCUT2D eigenvalue weighted by Crippen LogP contribution is 2.32. The van der Waals surface area contributed by atoms with Crippen LogP contribution in [0.5, 0.6) is 0 Å². The highest BCUT2D eigenvalue weighted by molar-refractivity contribution is 5.92. The zero-order valence-electron chi connectivity index (χ0n) is 17.8. The van der Waals surface area contributed by atoms with Crippen LogP contribution in [-0.4, -0.2) is 69.4 Å². The maximum absolute atomic E-state index is 11.5. The topological polar surface area (TPSA) is 104 Å². The minimum Gasteiger partial charge on any atom is -0.371 e. The minimum absolute atomic E-state index is 0.209. The van der Waals surface area contributed by atoms with Gasteiger partial charge in [0.25, 0.3) is 5.91 Å². The number of carbonyl (C=O) groups excluding carboxylic acids is 1. The molecule has 2 N–H and O–H groups in total. The van der Waals surface area contributed by atoms with Crippen molar-refractivity contribution >= 4 is 22.6 Å². The van der Waals surface area contributed by atoms with Crippen LogP contribution in [0, 0.1) is 0 Å². The summed E-state index contributed by atoms with van der Waals surface area (Å²) in [6.45, 7) is 4.88. The second kappa shape index (κ2) is 8.78. The van der Waals surface area contributed by atoms with Crippen molar-refractivity contribution in [3.05, 3.63) is 60.2 Å². The van der Waals surface area contributed by atoms with Gasteiger partial charge in [0.2, 0.25) is 5.95 Å². The third-order valence-corrected chi connectivity index (χ3v) is 6.47. The van der Waals surface area contributed by atoms with E-state index in [1.807, 2.05) is 12.4 Å². The number of nitrogens with zero attached hydrogens (tertiary/aromatic N) is 5. The van der Waals surface area contributed by atoms with Crippen molar-refractivity contribution in [3.63, 3.8) is 0 Å². The first kappa shape index (κ1) is 20.7. The van der Waals surface area contributed by atoms with Gasteiger partial charge in [-0.15, -0.1) is 0 Å². The molecule has 9 nitrogen and oxygen atoms in total. The Hall–Kier alpha value is -3.14. The molecule has 166 valence electrons. The normalized spacial score (nSPS) is 18.7. The monoisotopic (exact) mass is 434 g/mol. The van der Waals surface area contributed by atoms with Crippen LogP contribution >= 0.6 is 0 Å². The van der Waals surface area contributed by atoms with Gasteiger partial charge in [0.05, 0.1) is 24.3 Å². The second-order valence-electron chi connectivity index (χ2n) is 8.46. The van der Waals surface area contributed by atoms with Crippen molar-refractivity contribution in [2.75, 3.05) is 37.7 Å². The van der Waals surface area contributed by atoms with E-state index in [-0.39, 0.29) is 11.2 Å². The lowest BCUT2D eigenvalue weighted by Crippen LogP contribution is -2.57. The molecule has 5 rings (SSSR count). The number of nitrogens with one attached hydrogen (secondary N) is 1. The Labute approximate surface area is 186 Å². The summed E-state index contributed by atoms with van der Waals surface area (Å²) in [6, 6.07) is 8.48. The number of benzene rings is 1. The summed E-state index contributed by atoms with van der Waals surface area (Å²) >= 11 is 0. The Morgan fingerprint density at radius 2 is 1.94 bits per heavy atom. The van der Waals surface area contributed by atoms with Gasteiger partial charge in [-0.3, -0.25) is 19.9 Å². The van der Waals surface area contributed by atoms with Gasteiger partial charge in [-0.1, -0.05) is 18.2 Å². The van der Waals surface area contributed by atoms with Crippen LogP contribution in [-0.2, 0) is 11.3 Å². The predicted molar refractivity (Wildman–Crippen MR) is 118 cm³/mol. The van der Waals surface area contributed by atoms with Crippen LogP contribution in [0.15, 0.2) is 49.1 Å². The first-order valence-corrected chi connectivity index (χ1v) is 10.9. The Morgan fingerprint density at radius 1 is 1.12 bits per heavy atom. The number of ether oxygens (including phenoxy) is 1. The quantitative estimate of drug-likeness (QED) is 0.475. The lowest BCUT2D eigenvalue weighted by molar-refractivity contribution is -0.0923. The number of anilines is 1. The number of fused-ring (bicyclic) bond motifs is 1. The fourth-order valence-corrected chi connectivity index (χ4v) is 4.66. The molecule has 0 radical (unpaired) electrons. The standard InChI is InChI=1S/C23H26N6O3/c30-21(27-31)19-12-25-22(26-13-19)29-10-11-32-23(16-29)5-8-28(9-6-23)15-18-3-1-2-17-4-7-24-14-20(17)18/h1-4,7,12-14,31H,5-6,8-11,15-16H2,(H,27,30). The molecule has 2 saturated heterocycles. The Morgan fingerprint density at radius 3 is 2.72 bits per heavy atom. The fraction of sp³-hybridized carbons (Fsp3) is 0.391. The molecule has 0 saturated carbocycles. The molecule has 0 aliphatic carbocycles. The van der Waals surface area contributed by atoms with E-state index in [2.05, 4.69) is 49.0 Å². The highest BCUT2D eigenvalue weighted by Gasteiger charge is 2.40. The number of hydroxylamine groups is 1. The van der Waals surface area contributed by atoms with Crippen LogP contribution in [0.4, 0.5) is 5.95 Å². The Bertz CT molecular complexity index is 1090. The fourth-order valence-electron chi connectivity index (χ4n) is 4.66. The number of rotatable bonds is 4. The molecule has 9 heteroatoms. The number of piperidine rings is 1. The number of amides is 1. The van der Waals surface area contributed by atoms with Gasteiger partial charge in [0.1, 0.15) is 0 Å². The summed E-state index contributed by atoms with van der Waals surface area (Å²) in [4.78, 5) is 29.0. The number of hydrogen-bond donors (Lipinski definition) is 2. The Balaban J connectivity index is 1.23. The van der Waals surface area contributed by atoms with Crippen molar-refractivity contribution < 1.29 is 14.7 Å². The van der Waals surface area contributed by atoms with E-state index in [1.54, 1.807) is 5.48 Å². The van der Waals surface area contributed by atoms with Crippen molar-refractivity contribution in [1.29, 1.82) is 0 Å². The summed E-state index contributed by atoms with van der Waals surface area (Å²) in [6.07, 6.45) is 8.53. The summed E-state index contributed by atoms with van der Waals surface area (Å²) < 4.78 is 6.28. The number of carbonyl (C=O) groups is 1. The van der Waals surface area contributed by atoms with Gasteiger partial charge in [0, 0.05) is 56.4 Å². The maximum atomic E-state index is 11.5. The molecular formula is C23H26N6O3. The minimum atomic E-state index is -0.621. The largest absolute Gasteiger partial charge is 0.371 e. The zero-order chi connectivity index (χ0) is 22.0. The van der Waals surface area contributed by atoms with Gasteiger partial charge in [-0.2, -0.15) is 0 Å². The van der Waals surface area contributed by atoms with E-state index in [0.717, 1.165) is 39.0 Å². The van der Waals surface area contributed by atoms with Crippen LogP contribution in [0.25, 0.3) is 10.8 Å². The first-order chi connectivity index (χ1) is 15.7. The van der Waals surface area contributed by atoms with Crippen molar-refractivity contribution in [2.24, 2.45) is 0 Å². The molecule has 2 fully saturated rings. The smallest absolute Gasteiger partial charge is 0.277 e. The molecular weight excluding hydrogens is 408 g/mol. The average Bonchev–Trinajstić information content (AvgIpc) is 2.85. The molecule has 2 aromatic heterocycles. The third kappa shape index (κ3) is 4.14. The molecule has 3 aromatic rings. The molecule has 1 aromatic carbocycles. The van der Waals surface area contributed by atoms with Crippen molar-refractivity contribution in [1.82, 2.24) is 25.3 Å². The first-order valence-electron chi connectivity index (χ1n) is 10.9. The van der Waals surface area contributed by atoms with Gasteiger partial charge >= 0.3 is 0 Å². The lowest BCUT2D eigenvalue weighted by Gasteiger charge is -2.47. The second-order valence-corrected chi connectivity index (χ2v) is 8.46. The van der Waals surface area contributed by atoms with E-state index in [9.17, 15) is 4.79 Å². The molecule has 2 aliphatic heterocycles. The number of pyridine rings is 1. The van der Waals surface area contributed by atoms with Crippen LogP contribution in [0.3, 0.4) is 0 Å². The third-order valence-electron chi connectivity index (χ3n) is 6.47. The number of likely N-dealkylation sites (tertiary alicyclic amines) is 1. The van der Waals surface area contributed by atoms with Gasteiger partial charge in [0.15, 0.2) is 0 Å². The summed E-state index contributed by atoms with van der Waals surface area (Å²) in [7, 11) is 0. The summed E-state index contributed by atoms with van der Waals surface area (Å²) in [5, 5.41) is 11.2. The molecule has 2 aliphatic rings. The molecule has 0 atom stereocenters. The summed E-state index contributed by atoms with van der Waals surface area (Å²) in [5.74, 6) is -0.0443. The molecule has 4 heterocycles. The highest BCUT2D eigenvalue weighted by atomic mass is 16.5. The predicted octanol–water partition coefficient (Wildman–Crippen LogP) is 2.02. The Kier molecular flexibility index (Phi) is 5.69. The molecule has 0 bridgehead atoms. The van der Waals surface area contributed by atoms with Crippen molar-refractivity contribution in [3.8, 4) is 0 Å². The van der Waals surface area contributed by atoms with Crippen LogP contribution in [0.1, 0.15) is 28.8 Å². The van der Waals surface area contributed by atoms with Gasteiger partial charge in [-0.25, -0.2) is 15.4 Å². The lowest BCUT2D eigenvalue weighted by atomic mass is 9.89. The van der Waals surface area contributed by atoms with E-state index in [4.69, 9.17) is 9.94 Å². The average molecular weight is 435 g/mol. The number of morpholine rings is 1. The van der Waals surface area contributed by atoms with E-state index >= 15 is 0 Å². The molecule has 1 spiro atoms. The SMILES string of the molecule is O=C(NO)c1cnc(N2CCOC3(CCN(Cc4cccc5ccncc45)CC3)C2)nc1. The van der Waals surface area contributed by atoms with E-state index in [1.165, 1.54) is 28.7 Å². The van der Waals surface area contributed by atoms with Gasteiger partial charge < -0.3 is 9.64 Å². The van der Waals surface area contributed by atoms with E-state index < -0.39 is 5.91 Å². The van der Waals surface area contributed by atoms with Crippen LogP contribution in [0.2, 0.25) is 0 Å². The van der Waals surface area contributed by atoms with E-state index in [0.29, 0.717) is 19.1 Å². The van der Waals surface area contributed by atoms with Crippen LogP contribution < -0.4 is 10.4 Å². The number of aromatic nitrogens is 3. The molecule has 1 amide bonds. The zero-order valence-corrected chi connectivity index (χ0v) is 17.8.